The highest BCUT2D eigenvalue weighted by molar-refractivity contribution is 7.15. The van der Waals surface area contributed by atoms with Crippen LogP contribution in [0.25, 0.3) is 4.96 Å². The Morgan fingerprint density at radius 3 is 2.58 bits per heavy atom. The summed E-state index contributed by atoms with van der Waals surface area (Å²) in [7, 11) is 0. The lowest BCUT2D eigenvalue weighted by molar-refractivity contribution is -0.137. The second-order valence-electron chi connectivity index (χ2n) is 7.43. The predicted molar refractivity (Wildman–Crippen MR) is 102 cm³/mol. The largest absolute Gasteiger partial charge is 0.342 e. The van der Waals surface area contributed by atoms with E-state index in [1.165, 1.54) is 24.2 Å². The van der Waals surface area contributed by atoms with E-state index in [2.05, 4.69) is 14.8 Å². The second-order valence-corrected chi connectivity index (χ2v) is 8.30. The zero-order valence-electron chi connectivity index (χ0n) is 15.1. The van der Waals surface area contributed by atoms with Crippen molar-refractivity contribution in [3.8, 4) is 0 Å². The Balaban J connectivity index is 1.34. The molecule has 1 amide bonds. The van der Waals surface area contributed by atoms with Crippen LogP contribution in [-0.2, 0) is 11.3 Å². The molecule has 0 aromatic carbocycles. The Hall–Kier alpha value is -1.73. The van der Waals surface area contributed by atoms with E-state index in [0.717, 1.165) is 62.5 Å². The van der Waals surface area contributed by atoms with Gasteiger partial charge in [-0.05, 0) is 38.8 Å². The average molecular weight is 375 g/mol. The van der Waals surface area contributed by atoms with Gasteiger partial charge in [0.1, 0.15) is 0 Å². The van der Waals surface area contributed by atoms with Crippen molar-refractivity contribution in [2.24, 2.45) is 5.92 Å². The number of rotatable bonds is 3. The summed E-state index contributed by atoms with van der Waals surface area (Å²) in [4.78, 5) is 34.6. The first-order chi connectivity index (χ1) is 12.7. The number of nitrogens with zero attached hydrogens (tertiary/aromatic N) is 4. The first-order valence-corrected chi connectivity index (χ1v) is 10.6. The predicted octanol–water partition coefficient (Wildman–Crippen LogP) is 2.37. The van der Waals surface area contributed by atoms with E-state index >= 15 is 0 Å². The number of carbonyl (C=O) groups excluding carboxylic acids is 1. The molecule has 0 unspecified atom stereocenters. The van der Waals surface area contributed by atoms with Gasteiger partial charge in [0, 0.05) is 43.2 Å². The van der Waals surface area contributed by atoms with Crippen molar-refractivity contribution < 1.29 is 4.79 Å². The minimum atomic E-state index is -0.0162. The van der Waals surface area contributed by atoms with Gasteiger partial charge in [-0.15, -0.1) is 11.3 Å². The molecule has 0 N–H and O–H groups in total. The SMILES string of the molecule is O=C(C1CCN(Cc2cc(=O)n3ccsc3n2)CC1)N1CCCCCC1. The zero-order chi connectivity index (χ0) is 17.9. The summed E-state index contributed by atoms with van der Waals surface area (Å²) in [5, 5.41) is 1.88. The molecule has 0 radical (unpaired) electrons. The Kier molecular flexibility index (Phi) is 5.36. The lowest BCUT2D eigenvalue weighted by Gasteiger charge is -2.33. The molecular weight excluding hydrogens is 348 g/mol. The van der Waals surface area contributed by atoms with Gasteiger partial charge in [-0.2, -0.15) is 0 Å². The number of aromatic nitrogens is 2. The Morgan fingerprint density at radius 1 is 1.12 bits per heavy atom. The van der Waals surface area contributed by atoms with Crippen molar-refractivity contribution in [3.63, 3.8) is 0 Å². The van der Waals surface area contributed by atoms with Crippen LogP contribution in [0.15, 0.2) is 22.4 Å². The molecule has 4 rings (SSSR count). The molecular formula is C19H26N4O2S. The fraction of sp³-hybridized carbons (Fsp3) is 0.632. The summed E-state index contributed by atoms with van der Waals surface area (Å²) >= 11 is 1.48. The summed E-state index contributed by atoms with van der Waals surface area (Å²) in [5.41, 5.74) is 0.812. The molecule has 0 bridgehead atoms. The number of fused-ring (bicyclic) bond motifs is 1. The Labute approximate surface area is 157 Å². The van der Waals surface area contributed by atoms with Gasteiger partial charge < -0.3 is 4.90 Å². The molecule has 26 heavy (non-hydrogen) atoms. The third-order valence-corrected chi connectivity index (χ3v) is 6.35. The molecule has 2 aliphatic heterocycles. The van der Waals surface area contributed by atoms with E-state index in [4.69, 9.17) is 0 Å². The molecule has 140 valence electrons. The lowest BCUT2D eigenvalue weighted by Crippen LogP contribution is -2.42. The maximum absolute atomic E-state index is 12.8. The van der Waals surface area contributed by atoms with E-state index in [-0.39, 0.29) is 11.5 Å². The molecule has 2 aliphatic rings. The standard InChI is InChI=1S/C19H26N4O2S/c24-17-13-16(20-19-23(17)11-12-26-19)14-21-9-5-15(6-10-21)18(25)22-7-3-1-2-4-8-22/h11-13,15H,1-10,14H2. The average Bonchev–Trinajstić information content (AvgIpc) is 2.96. The van der Waals surface area contributed by atoms with E-state index in [0.29, 0.717) is 12.5 Å². The van der Waals surface area contributed by atoms with Crippen molar-refractivity contribution >= 4 is 22.2 Å². The summed E-state index contributed by atoms with van der Waals surface area (Å²) in [6.45, 7) is 4.36. The monoisotopic (exact) mass is 374 g/mol. The third-order valence-electron chi connectivity index (χ3n) is 5.60. The quantitative estimate of drug-likeness (QED) is 0.828. The minimum absolute atomic E-state index is 0.0162. The van der Waals surface area contributed by atoms with Crippen LogP contribution in [0.4, 0.5) is 0 Å². The molecule has 2 fully saturated rings. The Bertz CT molecular complexity index is 814. The number of piperidine rings is 1. The van der Waals surface area contributed by atoms with Crippen LogP contribution in [0, 0.1) is 5.92 Å². The molecule has 4 heterocycles. The molecule has 2 saturated heterocycles. The summed E-state index contributed by atoms with van der Waals surface area (Å²) in [6.07, 6.45) is 8.39. The van der Waals surface area contributed by atoms with Gasteiger partial charge in [-0.25, -0.2) is 4.98 Å². The van der Waals surface area contributed by atoms with Crippen LogP contribution in [0.5, 0.6) is 0 Å². The van der Waals surface area contributed by atoms with Gasteiger partial charge in [-0.3, -0.25) is 18.9 Å². The number of hydrogen-bond donors (Lipinski definition) is 0. The highest BCUT2D eigenvalue weighted by Gasteiger charge is 2.29. The van der Waals surface area contributed by atoms with Crippen LogP contribution in [0.2, 0.25) is 0 Å². The first-order valence-electron chi connectivity index (χ1n) is 9.67. The number of likely N-dealkylation sites (tertiary alicyclic amines) is 2. The van der Waals surface area contributed by atoms with Gasteiger partial charge in [0.05, 0.1) is 5.69 Å². The highest BCUT2D eigenvalue weighted by atomic mass is 32.1. The smallest absolute Gasteiger partial charge is 0.258 e. The minimum Gasteiger partial charge on any atom is -0.342 e. The summed E-state index contributed by atoms with van der Waals surface area (Å²) in [5.74, 6) is 0.533. The van der Waals surface area contributed by atoms with E-state index in [1.807, 2.05) is 5.38 Å². The van der Waals surface area contributed by atoms with Crippen LogP contribution < -0.4 is 5.56 Å². The van der Waals surface area contributed by atoms with E-state index in [1.54, 1.807) is 16.7 Å². The van der Waals surface area contributed by atoms with Crippen molar-refractivity contribution in [2.45, 2.75) is 45.1 Å². The summed E-state index contributed by atoms with van der Waals surface area (Å²) < 4.78 is 1.58. The number of hydrogen-bond acceptors (Lipinski definition) is 5. The Morgan fingerprint density at radius 2 is 1.85 bits per heavy atom. The maximum atomic E-state index is 12.8. The van der Waals surface area contributed by atoms with Crippen LogP contribution in [0.1, 0.15) is 44.2 Å². The molecule has 2 aromatic rings. The number of amides is 1. The molecule has 0 aliphatic carbocycles. The lowest BCUT2D eigenvalue weighted by atomic mass is 9.95. The van der Waals surface area contributed by atoms with Crippen molar-refractivity contribution in [1.29, 1.82) is 0 Å². The van der Waals surface area contributed by atoms with Crippen molar-refractivity contribution in [2.75, 3.05) is 26.2 Å². The van der Waals surface area contributed by atoms with Crippen LogP contribution in [-0.4, -0.2) is 51.3 Å². The van der Waals surface area contributed by atoms with Crippen molar-refractivity contribution in [1.82, 2.24) is 19.2 Å². The maximum Gasteiger partial charge on any atom is 0.258 e. The zero-order valence-corrected chi connectivity index (χ0v) is 15.9. The molecule has 7 heteroatoms. The van der Waals surface area contributed by atoms with Gasteiger partial charge in [0.15, 0.2) is 4.96 Å². The van der Waals surface area contributed by atoms with Gasteiger partial charge in [0.25, 0.3) is 5.56 Å². The summed E-state index contributed by atoms with van der Waals surface area (Å²) in [6, 6.07) is 1.63. The first kappa shape index (κ1) is 17.7. The highest BCUT2D eigenvalue weighted by Crippen LogP contribution is 2.22. The fourth-order valence-corrected chi connectivity index (χ4v) is 4.82. The molecule has 0 spiro atoms. The third kappa shape index (κ3) is 3.83. The van der Waals surface area contributed by atoms with Crippen molar-refractivity contribution in [3.05, 3.63) is 33.7 Å². The fourth-order valence-electron chi connectivity index (χ4n) is 4.09. The molecule has 6 nitrogen and oxygen atoms in total. The van der Waals surface area contributed by atoms with E-state index in [9.17, 15) is 9.59 Å². The topological polar surface area (TPSA) is 57.9 Å². The molecule has 2 aromatic heterocycles. The van der Waals surface area contributed by atoms with Gasteiger partial charge >= 0.3 is 0 Å². The van der Waals surface area contributed by atoms with Gasteiger partial charge in [0.2, 0.25) is 5.91 Å². The number of thiazole rings is 1. The second kappa shape index (κ2) is 7.88. The molecule has 0 saturated carbocycles. The van der Waals surface area contributed by atoms with Gasteiger partial charge in [-0.1, -0.05) is 12.8 Å². The van der Waals surface area contributed by atoms with Crippen LogP contribution >= 0.6 is 11.3 Å². The van der Waals surface area contributed by atoms with Crippen LogP contribution in [0.3, 0.4) is 0 Å². The molecule has 0 atom stereocenters. The van der Waals surface area contributed by atoms with E-state index < -0.39 is 0 Å². The normalized spacial score (nSPS) is 20.4. The number of carbonyl (C=O) groups is 1.